The molecule has 0 aromatic heterocycles. The van der Waals surface area contributed by atoms with Crippen molar-refractivity contribution >= 4 is 8.32 Å². The Morgan fingerprint density at radius 1 is 1.05 bits per heavy atom. The van der Waals surface area contributed by atoms with E-state index in [4.69, 9.17) is 9.16 Å². The lowest BCUT2D eigenvalue weighted by atomic mass is 10.3. The first-order valence-electron chi connectivity index (χ1n) is 8.30. The highest BCUT2D eigenvalue weighted by molar-refractivity contribution is 6.77. The van der Waals surface area contributed by atoms with Crippen molar-refractivity contribution in [2.24, 2.45) is 0 Å². The Morgan fingerprint density at radius 3 is 2.00 bits per heavy atom. The summed E-state index contributed by atoms with van der Waals surface area (Å²) in [6, 6.07) is 0. The maximum atomic E-state index is 6.69. The third kappa shape index (κ3) is 5.92. The molecule has 0 N–H and O–H groups in total. The lowest BCUT2D eigenvalue weighted by molar-refractivity contribution is 0.331. The largest absolute Gasteiger partial charge is 0.543 e. The normalized spacial score (nSPS) is 13.0. The maximum Gasteiger partial charge on any atom is 0.258 e. The van der Waals surface area contributed by atoms with E-state index in [0.29, 0.717) is 16.6 Å². The SMILES string of the molecule is CC#CCC/C=C(/C=C/OC)O[Si](C(C)C)(C(C)C)C(C)C. The predicted octanol–water partition coefficient (Wildman–Crippen LogP) is 6.03. The van der Waals surface area contributed by atoms with Crippen molar-refractivity contribution in [2.45, 2.75) is 77.9 Å². The highest BCUT2D eigenvalue weighted by Crippen LogP contribution is 2.43. The summed E-state index contributed by atoms with van der Waals surface area (Å²) in [5, 5.41) is 0. The minimum atomic E-state index is -1.92. The van der Waals surface area contributed by atoms with E-state index < -0.39 is 8.32 Å². The molecular formula is C19H34O2Si. The van der Waals surface area contributed by atoms with Gasteiger partial charge in [0.1, 0.15) is 5.76 Å². The Kier molecular flexibility index (Phi) is 10.0. The summed E-state index contributed by atoms with van der Waals surface area (Å²) in [4.78, 5) is 0. The molecule has 0 aromatic carbocycles. The molecule has 2 nitrogen and oxygen atoms in total. The minimum Gasteiger partial charge on any atom is -0.543 e. The van der Waals surface area contributed by atoms with Crippen molar-refractivity contribution in [3.63, 3.8) is 0 Å². The molecule has 0 spiro atoms. The van der Waals surface area contributed by atoms with Gasteiger partial charge in [-0.1, -0.05) is 41.5 Å². The van der Waals surface area contributed by atoms with Crippen LogP contribution in [-0.4, -0.2) is 15.4 Å². The molecule has 0 amide bonds. The second-order valence-electron chi connectivity index (χ2n) is 6.53. The standard InChI is InChI=1S/C19H34O2Si/c1-9-10-11-12-13-19(14-15-20-8)21-22(16(2)3,17(4)5)18(6)7/h13-18H,11-12H2,1-8H3/b15-14+,19-13-. The van der Waals surface area contributed by atoms with E-state index in [9.17, 15) is 0 Å². The van der Waals surface area contributed by atoms with E-state index in [0.717, 1.165) is 18.6 Å². The molecule has 0 heterocycles. The van der Waals surface area contributed by atoms with Crippen molar-refractivity contribution in [1.29, 1.82) is 0 Å². The summed E-state index contributed by atoms with van der Waals surface area (Å²) >= 11 is 0. The number of allylic oxidation sites excluding steroid dienone is 2. The number of unbranched alkanes of at least 4 members (excludes halogenated alkanes) is 1. The smallest absolute Gasteiger partial charge is 0.258 e. The first kappa shape index (κ1) is 20.9. The molecule has 0 aliphatic heterocycles. The van der Waals surface area contributed by atoms with E-state index in [-0.39, 0.29) is 0 Å². The first-order chi connectivity index (χ1) is 10.3. The second kappa shape index (κ2) is 10.6. The molecular weight excluding hydrogens is 288 g/mol. The topological polar surface area (TPSA) is 18.5 Å². The molecule has 0 bridgehead atoms. The van der Waals surface area contributed by atoms with Crippen LogP contribution in [-0.2, 0) is 9.16 Å². The lowest BCUT2D eigenvalue weighted by Gasteiger charge is -2.42. The number of hydrogen-bond donors (Lipinski definition) is 0. The van der Waals surface area contributed by atoms with E-state index in [1.54, 1.807) is 13.4 Å². The minimum absolute atomic E-state index is 0.558. The van der Waals surface area contributed by atoms with Crippen molar-refractivity contribution in [3.05, 3.63) is 24.2 Å². The summed E-state index contributed by atoms with van der Waals surface area (Å²) in [6.45, 7) is 15.7. The van der Waals surface area contributed by atoms with Crippen LogP contribution in [0.3, 0.4) is 0 Å². The number of ether oxygens (including phenoxy) is 1. The van der Waals surface area contributed by atoms with Crippen LogP contribution in [0, 0.1) is 11.8 Å². The summed E-state index contributed by atoms with van der Waals surface area (Å²) in [6.07, 6.45) is 7.55. The molecule has 0 radical (unpaired) electrons. The molecule has 0 aliphatic rings. The van der Waals surface area contributed by atoms with Crippen LogP contribution in [0.4, 0.5) is 0 Å². The zero-order valence-electron chi connectivity index (χ0n) is 15.7. The predicted molar refractivity (Wildman–Crippen MR) is 99.0 cm³/mol. The molecule has 3 heteroatoms. The van der Waals surface area contributed by atoms with Gasteiger partial charge in [0.15, 0.2) is 0 Å². The number of methoxy groups -OCH3 is 1. The number of hydrogen-bond acceptors (Lipinski definition) is 2. The van der Waals surface area contributed by atoms with E-state index in [1.165, 1.54) is 0 Å². The molecule has 126 valence electrons. The van der Waals surface area contributed by atoms with Crippen LogP contribution in [0.2, 0.25) is 16.6 Å². The monoisotopic (exact) mass is 322 g/mol. The Bertz CT molecular complexity index is 401. The Morgan fingerprint density at radius 2 is 1.59 bits per heavy atom. The van der Waals surface area contributed by atoms with Gasteiger partial charge >= 0.3 is 0 Å². The van der Waals surface area contributed by atoms with Gasteiger partial charge in [-0.05, 0) is 36.0 Å². The molecule has 22 heavy (non-hydrogen) atoms. The fourth-order valence-electron chi connectivity index (χ4n) is 3.25. The first-order valence-corrected chi connectivity index (χ1v) is 10.4. The van der Waals surface area contributed by atoms with Crippen LogP contribution in [0.25, 0.3) is 0 Å². The summed E-state index contributed by atoms with van der Waals surface area (Å²) < 4.78 is 11.8. The highest BCUT2D eigenvalue weighted by atomic mass is 28.4. The van der Waals surface area contributed by atoms with Gasteiger partial charge in [0, 0.05) is 12.5 Å². The lowest BCUT2D eigenvalue weighted by Crippen LogP contribution is -2.47. The van der Waals surface area contributed by atoms with Gasteiger partial charge in [-0.3, -0.25) is 0 Å². The Balaban J connectivity index is 5.43. The van der Waals surface area contributed by atoms with Crippen LogP contribution >= 0.6 is 0 Å². The van der Waals surface area contributed by atoms with Gasteiger partial charge in [-0.25, -0.2) is 0 Å². The average Bonchev–Trinajstić information content (AvgIpc) is 2.44. The van der Waals surface area contributed by atoms with Gasteiger partial charge in [0.05, 0.1) is 13.4 Å². The van der Waals surface area contributed by atoms with Gasteiger partial charge in [0.25, 0.3) is 8.32 Å². The maximum absolute atomic E-state index is 6.69. The van der Waals surface area contributed by atoms with Crippen LogP contribution in [0.15, 0.2) is 24.2 Å². The highest BCUT2D eigenvalue weighted by Gasteiger charge is 2.47. The quantitative estimate of drug-likeness (QED) is 0.170. The van der Waals surface area contributed by atoms with Gasteiger partial charge in [-0.2, -0.15) is 0 Å². The van der Waals surface area contributed by atoms with E-state index in [2.05, 4.69) is 59.5 Å². The van der Waals surface area contributed by atoms with Crippen LogP contribution in [0.5, 0.6) is 0 Å². The summed E-state index contributed by atoms with van der Waals surface area (Å²) in [5.74, 6) is 6.96. The fourth-order valence-corrected chi connectivity index (χ4v) is 8.51. The third-order valence-corrected chi connectivity index (χ3v) is 10.2. The van der Waals surface area contributed by atoms with Crippen molar-refractivity contribution in [1.82, 2.24) is 0 Å². The molecule has 0 rings (SSSR count). The van der Waals surface area contributed by atoms with Crippen molar-refractivity contribution < 1.29 is 9.16 Å². The van der Waals surface area contributed by atoms with Gasteiger partial charge in [-0.15, -0.1) is 11.8 Å². The zero-order chi connectivity index (χ0) is 17.2. The summed E-state index contributed by atoms with van der Waals surface area (Å²) in [7, 11) is -0.259. The second-order valence-corrected chi connectivity index (χ2v) is 11.9. The molecule has 0 saturated heterocycles. The van der Waals surface area contributed by atoms with E-state index in [1.807, 2.05) is 13.0 Å². The van der Waals surface area contributed by atoms with Crippen LogP contribution in [0.1, 0.15) is 61.3 Å². The molecule has 0 unspecified atom stereocenters. The molecule has 0 aromatic rings. The van der Waals surface area contributed by atoms with Crippen molar-refractivity contribution in [3.8, 4) is 11.8 Å². The molecule has 0 fully saturated rings. The molecule has 0 saturated carbocycles. The molecule has 0 atom stereocenters. The molecule has 0 aliphatic carbocycles. The Labute approximate surface area is 139 Å². The third-order valence-electron chi connectivity index (χ3n) is 4.16. The summed E-state index contributed by atoms with van der Waals surface area (Å²) in [5.41, 5.74) is 1.67. The fraction of sp³-hybridized carbons (Fsp3) is 0.684. The van der Waals surface area contributed by atoms with Crippen LogP contribution < -0.4 is 0 Å². The van der Waals surface area contributed by atoms with Gasteiger partial charge < -0.3 is 9.16 Å². The van der Waals surface area contributed by atoms with Crippen molar-refractivity contribution in [2.75, 3.05) is 7.11 Å². The Hall–Kier alpha value is -1.14. The number of rotatable bonds is 9. The van der Waals surface area contributed by atoms with E-state index >= 15 is 0 Å². The zero-order valence-corrected chi connectivity index (χ0v) is 16.7. The average molecular weight is 323 g/mol. The van der Waals surface area contributed by atoms with Gasteiger partial charge in [0.2, 0.25) is 0 Å².